The third kappa shape index (κ3) is 4.28. The molecule has 0 aliphatic carbocycles. The Kier molecular flexibility index (Phi) is 6.08. The highest BCUT2D eigenvalue weighted by molar-refractivity contribution is 7.98. The highest BCUT2D eigenvalue weighted by Crippen LogP contribution is 2.17. The van der Waals surface area contributed by atoms with Crippen LogP contribution in [-0.4, -0.2) is 38.9 Å². The van der Waals surface area contributed by atoms with E-state index >= 15 is 0 Å². The van der Waals surface area contributed by atoms with Crippen molar-refractivity contribution in [1.29, 1.82) is 0 Å². The summed E-state index contributed by atoms with van der Waals surface area (Å²) in [5.74, 6) is 0.506. The standard InChI is InChI=1S/C19H23N5O2S/c1-12-16(13(2)24-18(21-12)22-19(23-24)27-4)9-17(25)20-10-14-7-5-6-8-15(14)11-26-3/h5-8H,9-11H2,1-4H3,(H,20,25). The minimum Gasteiger partial charge on any atom is -0.380 e. The summed E-state index contributed by atoms with van der Waals surface area (Å²) in [7, 11) is 1.66. The predicted molar refractivity (Wildman–Crippen MR) is 105 cm³/mol. The van der Waals surface area contributed by atoms with Crippen molar-refractivity contribution in [3.8, 4) is 0 Å². The molecule has 3 aromatic rings. The van der Waals surface area contributed by atoms with Gasteiger partial charge in [-0.2, -0.15) is 4.98 Å². The number of carbonyl (C=O) groups excluding carboxylic acids is 1. The number of aryl methyl sites for hydroxylation is 2. The minimum atomic E-state index is -0.0558. The fraction of sp³-hybridized carbons (Fsp3) is 0.368. The van der Waals surface area contributed by atoms with Crippen LogP contribution in [0, 0.1) is 13.8 Å². The summed E-state index contributed by atoms with van der Waals surface area (Å²) in [6.07, 6.45) is 2.17. The summed E-state index contributed by atoms with van der Waals surface area (Å²) in [6.45, 7) is 4.83. The highest BCUT2D eigenvalue weighted by atomic mass is 32.2. The monoisotopic (exact) mass is 385 g/mol. The molecular formula is C19H23N5O2S. The van der Waals surface area contributed by atoms with E-state index in [4.69, 9.17) is 4.74 Å². The zero-order valence-corrected chi connectivity index (χ0v) is 16.8. The first-order valence-corrected chi connectivity index (χ1v) is 9.85. The maximum absolute atomic E-state index is 12.5. The molecule has 1 N–H and O–H groups in total. The van der Waals surface area contributed by atoms with Crippen molar-refractivity contribution < 1.29 is 9.53 Å². The van der Waals surface area contributed by atoms with Crippen LogP contribution in [0.2, 0.25) is 0 Å². The van der Waals surface area contributed by atoms with Gasteiger partial charge in [0.05, 0.1) is 13.0 Å². The number of rotatable bonds is 7. The molecule has 2 aromatic heterocycles. The van der Waals surface area contributed by atoms with Gasteiger partial charge in [0.15, 0.2) is 0 Å². The van der Waals surface area contributed by atoms with Gasteiger partial charge in [-0.05, 0) is 31.2 Å². The van der Waals surface area contributed by atoms with E-state index in [1.807, 2.05) is 44.4 Å². The van der Waals surface area contributed by atoms with Gasteiger partial charge in [-0.15, -0.1) is 5.10 Å². The van der Waals surface area contributed by atoms with Gasteiger partial charge < -0.3 is 10.1 Å². The van der Waals surface area contributed by atoms with E-state index in [1.54, 1.807) is 11.6 Å². The number of fused-ring (bicyclic) bond motifs is 1. The van der Waals surface area contributed by atoms with Crippen molar-refractivity contribution >= 4 is 23.4 Å². The van der Waals surface area contributed by atoms with E-state index in [2.05, 4.69) is 20.4 Å². The fourth-order valence-electron chi connectivity index (χ4n) is 2.98. The Morgan fingerprint density at radius 1 is 1.22 bits per heavy atom. The zero-order chi connectivity index (χ0) is 19.4. The molecule has 2 heterocycles. The Morgan fingerprint density at radius 3 is 2.67 bits per heavy atom. The van der Waals surface area contributed by atoms with Gasteiger partial charge in [-0.1, -0.05) is 36.0 Å². The number of aromatic nitrogens is 4. The van der Waals surface area contributed by atoms with E-state index in [0.29, 0.717) is 24.1 Å². The molecule has 0 fully saturated rings. The maximum atomic E-state index is 12.5. The van der Waals surface area contributed by atoms with E-state index in [1.165, 1.54) is 11.8 Å². The van der Waals surface area contributed by atoms with Gasteiger partial charge in [0.25, 0.3) is 5.78 Å². The second-order valence-electron chi connectivity index (χ2n) is 6.23. The second-order valence-corrected chi connectivity index (χ2v) is 7.00. The second kappa shape index (κ2) is 8.49. The minimum absolute atomic E-state index is 0.0558. The molecule has 3 rings (SSSR count). The lowest BCUT2D eigenvalue weighted by molar-refractivity contribution is -0.120. The smallest absolute Gasteiger partial charge is 0.253 e. The van der Waals surface area contributed by atoms with Crippen molar-refractivity contribution in [2.45, 2.75) is 38.6 Å². The third-order valence-corrected chi connectivity index (χ3v) is 4.98. The number of amides is 1. The third-order valence-electron chi connectivity index (χ3n) is 4.44. The van der Waals surface area contributed by atoms with E-state index in [9.17, 15) is 4.79 Å². The SMILES string of the molecule is COCc1ccccc1CNC(=O)Cc1c(C)nc2nc(SC)nn2c1C. The van der Waals surface area contributed by atoms with Gasteiger partial charge >= 0.3 is 0 Å². The molecular weight excluding hydrogens is 362 g/mol. The number of benzene rings is 1. The Hall–Kier alpha value is -2.45. The first kappa shape index (κ1) is 19.3. The average molecular weight is 385 g/mol. The molecule has 27 heavy (non-hydrogen) atoms. The summed E-state index contributed by atoms with van der Waals surface area (Å²) in [4.78, 5) is 21.4. The van der Waals surface area contributed by atoms with Crippen molar-refractivity contribution in [2.24, 2.45) is 0 Å². The van der Waals surface area contributed by atoms with Gasteiger partial charge in [0.2, 0.25) is 11.1 Å². The molecule has 0 spiro atoms. The molecule has 0 unspecified atom stereocenters. The largest absolute Gasteiger partial charge is 0.380 e. The zero-order valence-electron chi connectivity index (χ0n) is 15.9. The summed E-state index contributed by atoms with van der Waals surface area (Å²) in [6, 6.07) is 7.93. The number of carbonyl (C=O) groups is 1. The Morgan fingerprint density at radius 2 is 1.96 bits per heavy atom. The number of thioether (sulfide) groups is 1. The molecule has 0 radical (unpaired) electrons. The van der Waals surface area contributed by atoms with Gasteiger partial charge in [-0.25, -0.2) is 9.50 Å². The molecule has 8 heteroatoms. The maximum Gasteiger partial charge on any atom is 0.253 e. The number of ether oxygens (including phenoxy) is 1. The lowest BCUT2D eigenvalue weighted by Crippen LogP contribution is -2.26. The Labute approximate surface area is 162 Å². The molecule has 1 amide bonds. The number of hydrogen-bond acceptors (Lipinski definition) is 6. The fourth-order valence-corrected chi connectivity index (χ4v) is 3.31. The lowest BCUT2D eigenvalue weighted by atomic mass is 10.1. The van der Waals surface area contributed by atoms with Crippen molar-refractivity contribution in [3.05, 3.63) is 52.3 Å². The highest BCUT2D eigenvalue weighted by Gasteiger charge is 2.16. The quantitative estimate of drug-likeness (QED) is 0.629. The summed E-state index contributed by atoms with van der Waals surface area (Å²) in [5.41, 5.74) is 4.69. The van der Waals surface area contributed by atoms with Crippen LogP contribution >= 0.6 is 11.8 Å². The topological polar surface area (TPSA) is 81.4 Å². The Balaban J connectivity index is 1.74. The number of nitrogens with one attached hydrogen (secondary N) is 1. The molecule has 0 aliphatic rings. The predicted octanol–water partition coefficient (Wildman–Crippen LogP) is 2.47. The van der Waals surface area contributed by atoms with Crippen molar-refractivity contribution in [2.75, 3.05) is 13.4 Å². The lowest BCUT2D eigenvalue weighted by Gasteiger charge is -2.12. The molecule has 1 aromatic carbocycles. The molecule has 0 aliphatic heterocycles. The molecule has 0 saturated carbocycles. The van der Waals surface area contributed by atoms with Crippen LogP contribution in [0.4, 0.5) is 0 Å². The normalized spacial score (nSPS) is 11.1. The van der Waals surface area contributed by atoms with E-state index < -0.39 is 0 Å². The van der Waals surface area contributed by atoms with Crippen LogP contribution < -0.4 is 5.32 Å². The molecule has 7 nitrogen and oxygen atoms in total. The van der Waals surface area contributed by atoms with E-state index in [-0.39, 0.29) is 12.3 Å². The van der Waals surface area contributed by atoms with Crippen molar-refractivity contribution in [3.63, 3.8) is 0 Å². The van der Waals surface area contributed by atoms with Crippen LogP contribution in [0.5, 0.6) is 0 Å². The van der Waals surface area contributed by atoms with Crippen LogP contribution in [0.15, 0.2) is 29.4 Å². The first-order chi connectivity index (χ1) is 13.0. The Bertz CT molecular complexity index is 970. The van der Waals surface area contributed by atoms with Gasteiger partial charge in [-0.3, -0.25) is 4.79 Å². The van der Waals surface area contributed by atoms with Crippen LogP contribution in [0.25, 0.3) is 5.78 Å². The van der Waals surface area contributed by atoms with Crippen molar-refractivity contribution in [1.82, 2.24) is 24.9 Å². The van der Waals surface area contributed by atoms with Crippen LogP contribution in [-0.2, 0) is 29.1 Å². The molecule has 142 valence electrons. The first-order valence-electron chi connectivity index (χ1n) is 8.62. The number of nitrogens with zero attached hydrogens (tertiary/aromatic N) is 4. The average Bonchev–Trinajstić information content (AvgIpc) is 3.08. The number of hydrogen-bond donors (Lipinski definition) is 1. The van der Waals surface area contributed by atoms with Gasteiger partial charge in [0.1, 0.15) is 0 Å². The summed E-state index contributed by atoms with van der Waals surface area (Å²) < 4.78 is 6.92. The molecule has 0 atom stereocenters. The summed E-state index contributed by atoms with van der Waals surface area (Å²) >= 11 is 1.47. The molecule has 0 bridgehead atoms. The van der Waals surface area contributed by atoms with Gasteiger partial charge in [0, 0.05) is 30.6 Å². The van der Waals surface area contributed by atoms with Crippen LogP contribution in [0.1, 0.15) is 28.1 Å². The summed E-state index contributed by atoms with van der Waals surface area (Å²) in [5, 5.41) is 8.09. The van der Waals surface area contributed by atoms with Crippen LogP contribution in [0.3, 0.4) is 0 Å². The number of methoxy groups -OCH3 is 1. The molecule has 0 saturated heterocycles. The van der Waals surface area contributed by atoms with E-state index in [0.717, 1.165) is 28.1 Å².